The highest BCUT2D eigenvalue weighted by molar-refractivity contribution is 9.10. The molecule has 1 fully saturated rings. The van der Waals surface area contributed by atoms with Crippen molar-refractivity contribution in [3.8, 4) is 11.8 Å². The molecule has 7 heteroatoms. The standard InChI is InChI=1S/C15H14BrN3O3/c16-11-1-3-12(4-2-11)21-10-14-18-13(9-17)15(22-14)19-5-7-20-8-6-19/h1-4H,5-8,10H2. The number of rotatable bonds is 4. The van der Waals surface area contributed by atoms with Crippen molar-refractivity contribution >= 4 is 21.8 Å². The first-order valence-corrected chi connectivity index (χ1v) is 7.66. The summed E-state index contributed by atoms with van der Waals surface area (Å²) in [5.74, 6) is 1.61. The van der Waals surface area contributed by atoms with Gasteiger partial charge in [0.25, 0.3) is 0 Å². The second kappa shape index (κ2) is 6.81. The van der Waals surface area contributed by atoms with E-state index in [2.05, 4.69) is 27.0 Å². The summed E-state index contributed by atoms with van der Waals surface area (Å²) in [6.45, 7) is 2.81. The van der Waals surface area contributed by atoms with Crippen LogP contribution < -0.4 is 9.64 Å². The number of benzene rings is 1. The Kier molecular flexibility index (Phi) is 4.61. The van der Waals surface area contributed by atoms with Gasteiger partial charge < -0.3 is 18.8 Å². The summed E-state index contributed by atoms with van der Waals surface area (Å²) >= 11 is 3.37. The lowest BCUT2D eigenvalue weighted by molar-refractivity contribution is 0.120. The fraction of sp³-hybridized carbons (Fsp3) is 0.333. The Bertz CT molecular complexity index is 672. The molecular weight excluding hydrogens is 350 g/mol. The molecule has 2 aromatic rings. The van der Waals surface area contributed by atoms with E-state index in [0.717, 1.165) is 4.47 Å². The normalized spacial score (nSPS) is 14.6. The minimum absolute atomic E-state index is 0.181. The summed E-state index contributed by atoms with van der Waals surface area (Å²) in [6.07, 6.45) is 0. The van der Waals surface area contributed by atoms with Gasteiger partial charge in [0, 0.05) is 17.6 Å². The summed E-state index contributed by atoms with van der Waals surface area (Å²) in [6, 6.07) is 9.55. The Labute approximate surface area is 136 Å². The van der Waals surface area contributed by atoms with Gasteiger partial charge in [0.15, 0.2) is 6.61 Å². The average molecular weight is 364 g/mol. The molecule has 0 spiro atoms. The van der Waals surface area contributed by atoms with Crippen molar-refractivity contribution in [1.82, 2.24) is 4.98 Å². The van der Waals surface area contributed by atoms with Gasteiger partial charge in [-0.1, -0.05) is 15.9 Å². The Morgan fingerprint density at radius 1 is 1.27 bits per heavy atom. The van der Waals surface area contributed by atoms with Crippen molar-refractivity contribution in [2.75, 3.05) is 31.2 Å². The van der Waals surface area contributed by atoms with E-state index < -0.39 is 0 Å². The monoisotopic (exact) mass is 363 g/mol. The molecule has 0 bridgehead atoms. The molecule has 3 rings (SSSR count). The zero-order valence-corrected chi connectivity index (χ0v) is 13.4. The van der Waals surface area contributed by atoms with Gasteiger partial charge in [0.1, 0.15) is 11.8 Å². The number of hydrogen-bond acceptors (Lipinski definition) is 6. The predicted molar refractivity (Wildman–Crippen MR) is 82.7 cm³/mol. The van der Waals surface area contributed by atoms with Crippen molar-refractivity contribution in [1.29, 1.82) is 5.26 Å². The van der Waals surface area contributed by atoms with Crippen LogP contribution in [0.2, 0.25) is 0 Å². The van der Waals surface area contributed by atoms with E-state index in [0.29, 0.717) is 43.8 Å². The Morgan fingerprint density at radius 2 is 2.00 bits per heavy atom. The highest BCUT2D eigenvalue weighted by Crippen LogP contribution is 2.24. The first-order valence-electron chi connectivity index (χ1n) is 6.87. The molecule has 0 atom stereocenters. The van der Waals surface area contributed by atoms with Crippen LogP contribution >= 0.6 is 15.9 Å². The van der Waals surface area contributed by atoms with Crippen LogP contribution in [-0.2, 0) is 11.3 Å². The molecule has 0 amide bonds. The first kappa shape index (κ1) is 14.9. The lowest BCUT2D eigenvalue weighted by Gasteiger charge is -2.25. The van der Waals surface area contributed by atoms with Crippen LogP contribution in [-0.4, -0.2) is 31.3 Å². The van der Waals surface area contributed by atoms with Crippen LogP contribution in [0.3, 0.4) is 0 Å². The summed E-state index contributed by atoms with van der Waals surface area (Å²) < 4.78 is 17.6. The van der Waals surface area contributed by atoms with Gasteiger partial charge in [-0.2, -0.15) is 10.2 Å². The fourth-order valence-electron chi connectivity index (χ4n) is 2.15. The third kappa shape index (κ3) is 3.40. The van der Waals surface area contributed by atoms with E-state index in [9.17, 15) is 5.26 Å². The molecule has 114 valence electrons. The van der Waals surface area contributed by atoms with E-state index in [1.54, 1.807) is 0 Å². The number of morpholine rings is 1. The Balaban J connectivity index is 1.70. The van der Waals surface area contributed by atoms with E-state index in [1.165, 1.54) is 0 Å². The smallest absolute Gasteiger partial charge is 0.236 e. The summed E-state index contributed by atoms with van der Waals surface area (Å²) in [5.41, 5.74) is 0.288. The quantitative estimate of drug-likeness (QED) is 0.831. The topological polar surface area (TPSA) is 71.5 Å². The molecule has 0 aliphatic carbocycles. The van der Waals surface area contributed by atoms with Crippen molar-refractivity contribution in [2.24, 2.45) is 0 Å². The number of aromatic nitrogens is 1. The second-order valence-corrected chi connectivity index (χ2v) is 5.63. The van der Waals surface area contributed by atoms with Crippen LogP contribution in [0.25, 0.3) is 0 Å². The minimum Gasteiger partial charge on any atom is -0.484 e. The Morgan fingerprint density at radius 3 is 2.68 bits per heavy atom. The number of hydrogen-bond donors (Lipinski definition) is 0. The molecule has 1 aromatic carbocycles. The second-order valence-electron chi connectivity index (χ2n) is 4.72. The third-order valence-corrected chi connectivity index (χ3v) is 3.76. The molecule has 6 nitrogen and oxygen atoms in total. The van der Waals surface area contributed by atoms with Gasteiger partial charge in [0.2, 0.25) is 17.5 Å². The maximum Gasteiger partial charge on any atom is 0.236 e. The number of anilines is 1. The maximum atomic E-state index is 9.20. The molecule has 0 radical (unpaired) electrons. The summed E-state index contributed by atoms with van der Waals surface area (Å²) in [4.78, 5) is 6.16. The number of halogens is 1. The summed E-state index contributed by atoms with van der Waals surface area (Å²) in [5, 5.41) is 9.20. The number of ether oxygens (including phenoxy) is 2. The molecule has 1 aromatic heterocycles. The van der Waals surface area contributed by atoms with Crippen molar-refractivity contribution < 1.29 is 13.9 Å². The van der Waals surface area contributed by atoms with E-state index in [-0.39, 0.29) is 12.3 Å². The molecule has 0 unspecified atom stereocenters. The predicted octanol–water partition coefficient (Wildman–Crippen LogP) is 2.72. The molecule has 0 saturated carbocycles. The minimum atomic E-state index is 0.181. The van der Waals surface area contributed by atoms with Crippen LogP contribution in [0.15, 0.2) is 33.2 Å². The highest BCUT2D eigenvalue weighted by atomic mass is 79.9. The average Bonchev–Trinajstić information content (AvgIpc) is 2.98. The molecular formula is C15H14BrN3O3. The molecule has 1 aliphatic rings. The zero-order valence-electron chi connectivity index (χ0n) is 11.8. The highest BCUT2D eigenvalue weighted by Gasteiger charge is 2.21. The first-order chi connectivity index (χ1) is 10.8. The van der Waals surface area contributed by atoms with Crippen LogP contribution in [0.4, 0.5) is 5.88 Å². The number of nitrogens with zero attached hydrogens (tertiary/aromatic N) is 3. The number of oxazole rings is 1. The van der Waals surface area contributed by atoms with Gasteiger partial charge in [-0.05, 0) is 24.3 Å². The van der Waals surface area contributed by atoms with Crippen molar-refractivity contribution in [2.45, 2.75) is 6.61 Å². The fourth-order valence-corrected chi connectivity index (χ4v) is 2.41. The SMILES string of the molecule is N#Cc1nc(COc2ccc(Br)cc2)oc1N1CCOCC1. The lowest BCUT2D eigenvalue weighted by Crippen LogP contribution is -2.36. The number of nitriles is 1. The molecule has 22 heavy (non-hydrogen) atoms. The van der Waals surface area contributed by atoms with E-state index in [4.69, 9.17) is 13.9 Å². The van der Waals surface area contributed by atoms with E-state index in [1.807, 2.05) is 29.2 Å². The molecule has 0 N–H and O–H groups in total. The van der Waals surface area contributed by atoms with Gasteiger partial charge in [-0.25, -0.2) is 0 Å². The molecule has 1 saturated heterocycles. The molecule has 1 aliphatic heterocycles. The maximum absolute atomic E-state index is 9.20. The van der Waals surface area contributed by atoms with Crippen LogP contribution in [0.1, 0.15) is 11.6 Å². The third-order valence-electron chi connectivity index (χ3n) is 3.23. The van der Waals surface area contributed by atoms with E-state index >= 15 is 0 Å². The van der Waals surface area contributed by atoms with Crippen molar-refractivity contribution in [3.05, 3.63) is 40.3 Å². The largest absolute Gasteiger partial charge is 0.484 e. The van der Waals surface area contributed by atoms with Crippen LogP contribution in [0.5, 0.6) is 5.75 Å². The van der Waals surface area contributed by atoms with Gasteiger partial charge in [-0.3, -0.25) is 0 Å². The van der Waals surface area contributed by atoms with Gasteiger partial charge in [-0.15, -0.1) is 0 Å². The van der Waals surface area contributed by atoms with Crippen LogP contribution in [0, 0.1) is 11.3 Å². The zero-order chi connectivity index (χ0) is 15.4. The van der Waals surface area contributed by atoms with Gasteiger partial charge >= 0.3 is 0 Å². The van der Waals surface area contributed by atoms with Crippen molar-refractivity contribution in [3.63, 3.8) is 0 Å². The summed E-state index contributed by atoms with van der Waals surface area (Å²) in [7, 11) is 0. The molecule has 2 heterocycles. The Hall–Kier alpha value is -2.04. The lowest BCUT2D eigenvalue weighted by atomic mass is 10.3. The van der Waals surface area contributed by atoms with Gasteiger partial charge in [0.05, 0.1) is 13.2 Å².